The van der Waals surface area contributed by atoms with Crippen LogP contribution in [-0.4, -0.2) is 21.5 Å². The van der Waals surface area contributed by atoms with Crippen LogP contribution in [0.5, 0.6) is 0 Å². The maximum Gasteiger partial charge on any atom is 0.433 e. The summed E-state index contributed by atoms with van der Waals surface area (Å²) in [5.41, 5.74) is 2.99. The number of rotatable bonds is 4. The number of hydrazone groups is 1. The molecule has 0 aliphatic carbocycles. The Bertz CT molecular complexity index is 663. The number of amides is 1. The van der Waals surface area contributed by atoms with Crippen molar-refractivity contribution in [3.8, 4) is 0 Å². The lowest BCUT2D eigenvalue weighted by atomic mass is 10.3. The van der Waals surface area contributed by atoms with Crippen molar-refractivity contribution < 1.29 is 14.1 Å². The van der Waals surface area contributed by atoms with E-state index in [1.165, 1.54) is 18.3 Å². The van der Waals surface area contributed by atoms with Gasteiger partial charge in [0.2, 0.25) is 0 Å². The van der Waals surface area contributed by atoms with Crippen LogP contribution < -0.4 is 5.43 Å². The van der Waals surface area contributed by atoms with Gasteiger partial charge in [-0.1, -0.05) is 0 Å². The van der Waals surface area contributed by atoms with Crippen LogP contribution in [0.15, 0.2) is 46.2 Å². The first kappa shape index (κ1) is 13.4. The first-order valence-electron chi connectivity index (χ1n) is 5.57. The van der Waals surface area contributed by atoms with Gasteiger partial charge in [0, 0.05) is 12.4 Å². The van der Waals surface area contributed by atoms with Crippen molar-refractivity contribution in [1.82, 2.24) is 10.4 Å². The van der Waals surface area contributed by atoms with Crippen molar-refractivity contribution >= 4 is 17.5 Å². The standard InChI is InChI=1S/C12H10N4O4/c1-8(10-4-5-11(20-10)16(18)19)14-15-12(17)9-3-2-6-13-7-9/h2-7H,1H3,(H,15,17)/b14-8+. The summed E-state index contributed by atoms with van der Waals surface area (Å²) in [7, 11) is 0. The fraction of sp³-hybridized carbons (Fsp3) is 0.0833. The Morgan fingerprint density at radius 3 is 2.85 bits per heavy atom. The molecule has 0 unspecified atom stereocenters. The summed E-state index contributed by atoms with van der Waals surface area (Å²) in [5, 5.41) is 14.3. The van der Waals surface area contributed by atoms with Gasteiger partial charge < -0.3 is 4.42 Å². The molecule has 0 spiro atoms. The predicted octanol–water partition coefficient (Wildman–Crippen LogP) is 1.74. The molecule has 8 heteroatoms. The smallest absolute Gasteiger partial charge is 0.399 e. The molecular weight excluding hydrogens is 264 g/mol. The summed E-state index contributed by atoms with van der Waals surface area (Å²) in [5.74, 6) is -0.602. The van der Waals surface area contributed by atoms with Gasteiger partial charge in [0.05, 0.1) is 11.6 Å². The number of nitro groups is 1. The molecule has 0 saturated carbocycles. The second-order valence-electron chi connectivity index (χ2n) is 3.77. The first-order valence-corrected chi connectivity index (χ1v) is 5.57. The van der Waals surface area contributed by atoms with E-state index in [4.69, 9.17) is 4.42 Å². The maximum atomic E-state index is 11.7. The van der Waals surface area contributed by atoms with Crippen LogP contribution in [0.4, 0.5) is 5.88 Å². The Labute approximate surface area is 113 Å². The zero-order valence-electron chi connectivity index (χ0n) is 10.4. The molecular formula is C12H10N4O4. The summed E-state index contributed by atoms with van der Waals surface area (Å²) < 4.78 is 4.95. The Kier molecular flexibility index (Phi) is 3.85. The van der Waals surface area contributed by atoms with Gasteiger partial charge in [-0.3, -0.25) is 19.9 Å². The molecule has 0 aliphatic rings. The largest absolute Gasteiger partial charge is 0.433 e. The van der Waals surface area contributed by atoms with E-state index in [2.05, 4.69) is 15.5 Å². The number of nitrogens with zero attached hydrogens (tertiary/aromatic N) is 3. The number of hydrogen-bond acceptors (Lipinski definition) is 6. The Balaban J connectivity index is 2.07. The fourth-order valence-electron chi connectivity index (χ4n) is 1.37. The molecule has 0 aliphatic heterocycles. The van der Waals surface area contributed by atoms with Crippen molar-refractivity contribution in [1.29, 1.82) is 0 Å². The molecule has 2 rings (SSSR count). The van der Waals surface area contributed by atoms with E-state index in [9.17, 15) is 14.9 Å². The molecule has 20 heavy (non-hydrogen) atoms. The average Bonchev–Trinajstić information content (AvgIpc) is 2.95. The summed E-state index contributed by atoms with van der Waals surface area (Å²) >= 11 is 0. The van der Waals surface area contributed by atoms with Crippen molar-refractivity contribution in [2.24, 2.45) is 5.10 Å². The zero-order valence-corrected chi connectivity index (χ0v) is 10.4. The molecule has 0 radical (unpaired) electrons. The molecule has 2 aromatic rings. The van der Waals surface area contributed by atoms with E-state index >= 15 is 0 Å². The molecule has 0 aromatic carbocycles. The lowest BCUT2D eigenvalue weighted by Gasteiger charge is -2.00. The number of carbonyl (C=O) groups excluding carboxylic acids is 1. The quantitative estimate of drug-likeness (QED) is 0.518. The number of nitrogens with one attached hydrogen (secondary N) is 1. The Morgan fingerprint density at radius 1 is 1.45 bits per heavy atom. The van der Waals surface area contributed by atoms with E-state index in [1.807, 2.05) is 0 Å². The minimum Gasteiger partial charge on any atom is -0.399 e. The van der Waals surface area contributed by atoms with Crippen LogP contribution in [0.3, 0.4) is 0 Å². The Hall–Kier alpha value is -3.03. The van der Waals surface area contributed by atoms with Gasteiger partial charge in [-0.25, -0.2) is 5.43 Å². The van der Waals surface area contributed by atoms with Gasteiger partial charge in [-0.15, -0.1) is 0 Å². The number of hydrogen-bond donors (Lipinski definition) is 1. The Morgan fingerprint density at radius 2 is 2.25 bits per heavy atom. The number of pyridine rings is 1. The van der Waals surface area contributed by atoms with Crippen LogP contribution in [0.25, 0.3) is 0 Å². The average molecular weight is 274 g/mol. The third-order valence-corrected chi connectivity index (χ3v) is 2.38. The van der Waals surface area contributed by atoms with Crippen LogP contribution in [0.1, 0.15) is 23.0 Å². The molecule has 102 valence electrons. The molecule has 0 saturated heterocycles. The summed E-state index contributed by atoms with van der Waals surface area (Å²) in [6, 6.07) is 5.84. The molecule has 1 N–H and O–H groups in total. The monoisotopic (exact) mass is 274 g/mol. The van der Waals surface area contributed by atoms with Gasteiger partial charge in [0.25, 0.3) is 5.91 Å². The molecule has 2 aromatic heterocycles. The molecule has 8 nitrogen and oxygen atoms in total. The SMILES string of the molecule is C/C(=N\NC(=O)c1cccnc1)c1ccc([N+](=O)[O-])o1. The van der Waals surface area contributed by atoms with Gasteiger partial charge in [0.1, 0.15) is 10.6 Å². The van der Waals surface area contributed by atoms with E-state index in [0.717, 1.165) is 0 Å². The molecule has 1 amide bonds. The molecule has 0 atom stereocenters. The second kappa shape index (κ2) is 5.74. The maximum absolute atomic E-state index is 11.7. The van der Waals surface area contributed by atoms with Gasteiger partial charge >= 0.3 is 5.88 Å². The molecule has 0 fully saturated rings. The number of carbonyl (C=O) groups is 1. The van der Waals surface area contributed by atoms with Crippen molar-refractivity contribution in [2.75, 3.05) is 0 Å². The van der Waals surface area contributed by atoms with E-state index < -0.39 is 10.8 Å². The highest BCUT2D eigenvalue weighted by Gasteiger charge is 2.13. The van der Waals surface area contributed by atoms with Crippen molar-refractivity contribution in [2.45, 2.75) is 6.92 Å². The second-order valence-corrected chi connectivity index (χ2v) is 3.77. The van der Waals surface area contributed by atoms with Crippen LogP contribution in [0.2, 0.25) is 0 Å². The van der Waals surface area contributed by atoms with E-state index in [1.54, 1.807) is 25.3 Å². The topological polar surface area (TPSA) is 111 Å². The van der Waals surface area contributed by atoms with Crippen molar-refractivity contribution in [3.63, 3.8) is 0 Å². The number of aromatic nitrogens is 1. The van der Waals surface area contributed by atoms with Crippen molar-refractivity contribution in [3.05, 3.63) is 58.1 Å². The third kappa shape index (κ3) is 3.05. The first-order chi connectivity index (χ1) is 9.58. The minimum absolute atomic E-state index is 0.211. The molecule has 0 bridgehead atoms. The normalized spacial score (nSPS) is 11.2. The number of furan rings is 1. The lowest BCUT2D eigenvalue weighted by molar-refractivity contribution is -0.402. The van der Waals surface area contributed by atoms with Gasteiger partial charge in [-0.05, 0) is 25.1 Å². The highest BCUT2D eigenvalue weighted by molar-refractivity contribution is 5.99. The highest BCUT2D eigenvalue weighted by Crippen LogP contribution is 2.16. The summed E-state index contributed by atoms with van der Waals surface area (Å²) in [6.45, 7) is 1.56. The highest BCUT2D eigenvalue weighted by atomic mass is 16.6. The zero-order chi connectivity index (χ0) is 14.5. The lowest BCUT2D eigenvalue weighted by Crippen LogP contribution is -2.19. The van der Waals surface area contributed by atoms with Crippen LogP contribution in [0, 0.1) is 10.1 Å². The van der Waals surface area contributed by atoms with E-state index in [0.29, 0.717) is 11.3 Å². The van der Waals surface area contributed by atoms with E-state index in [-0.39, 0.29) is 11.6 Å². The third-order valence-electron chi connectivity index (χ3n) is 2.38. The fourth-order valence-corrected chi connectivity index (χ4v) is 1.37. The van der Waals surface area contributed by atoms with Gasteiger partial charge in [-0.2, -0.15) is 5.10 Å². The van der Waals surface area contributed by atoms with Crippen LogP contribution >= 0.6 is 0 Å². The minimum atomic E-state index is -0.648. The predicted molar refractivity (Wildman–Crippen MR) is 69.3 cm³/mol. The summed E-state index contributed by atoms with van der Waals surface area (Å²) in [6.07, 6.45) is 2.95. The van der Waals surface area contributed by atoms with Gasteiger partial charge in [0.15, 0.2) is 5.76 Å². The molecule has 2 heterocycles. The summed E-state index contributed by atoms with van der Waals surface area (Å²) in [4.78, 5) is 25.3. The van der Waals surface area contributed by atoms with Crippen LogP contribution in [-0.2, 0) is 0 Å².